The van der Waals surface area contributed by atoms with Gasteiger partial charge in [-0.15, -0.1) is 0 Å². The van der Waals surface area contributed by atoms with Gasteiger partial charge in [-0.05, 0) is 24.6 Å². The zero-order chi connectivity index (χ0) is 9.80. The van der Waals surface area contributed by atoms with Crippen molar-refractivity contribution in [2.75, 3.05) is 26.3 Å². The highest BCUT2D eigenvalue weighted by molar-refractivity contribution is 5.20. The lowest BCUT2D eigenvalue weighted by molar-refractivity contribution is 0.141. The van der Waals surface area contributed by atoms with Gasteiger partial charge in [-0.2, -0.15) is 0 Å². The zero-order valence-corrected chi connectivity index (χ0v) is 8.49. The number of aromatic nitrogens is 1. The summed E-state index contributed by atoms with van der Waals surface area (Å²) >= 11 is 0. The number of ether oxygens (including phenoxy) is 1. The lowest BCUT2D eigenvalue weighted by Gasteiger charge is -2.14. The van der Waals surface area contributed by atoms with Gasteiger partial charge in [-0.1, -0.05) is 0 Å². The van der Waals surface area contributed by atoms with Crippen molar-refractivity contribution in [2.45, 2.75) is 12.8 Å². The number of aryl methyl sites for hydroxylation is 1. The van der Waals surface area contributed by atoms with Crippen LogP contribution in [0.5, 0.6) is 0 Å². The highest BCUT2D eigenvalue weighted by atomic mass is 16.5. The minimum atomic E-state index is 0.471. The van der Waals surface area contributed by atoms with E-state index >= 15 is 0 Å². The molecule has 1 saturated heterocycles. The van der Waals surface area contributed by atoms with Crippen molar-refractivity contribution >= 4 is 0 Å². The lowest BCUT2D eigenvalue weighted by atomic mass is 10.0. The summed E-state index contributed by atoms with van der Waals surface area (Å²) in [7, 11) is 0. The molecule has 0 bridgehead atoms. The van der Waals surface area contributed by atoms with E-state index in [1.54, 1.807) is 0 Å². The van der Waals surface area contributed by atoms with Crippen LogP contribution in [0.3, 0.4) is 0 Å². The second-order valence-electron chi connectivity index (χ2n) is 3.71. The third-order valence-electron chi connectivity index (χ3n) is 2.53. The Kier molecular flexibility index (Phi) is 3.11. The molecule has 1 aliphatic heterocycles. The SMILES string of the molecule is Cc1cc(C2CNCCOC2)ccn1. The zero-order valence-electron chi connectivity index (χ0n) is 8.49. The quantitative estimate of drug-likeness (QED) is 0.723. The molecule has 1 N–H and O–H groups in total. The summed E-state index contributed by atoms with van der Waals surface area (Å²) in [6.07, 6.45) is 1.87. The molecule has 1 aromatic rings. The van der Waals surface area contributed by atoms with E-state index in [9.17, 15) is 0 Å². The van der Waals surface area contributed by atoms with Gasteiger partial charge in [-0.25, -0.2) is 0 Å². The van der Waals surface area contributed by atoms with Crippen molar-refractivity contribution in [3.05, 3.63) is 29.6 Å². The van der Waals surface area contributed by atoms with Gasteiger partial charge in [0.1, 0.15) is 0 Å². The molecule has 2 heterocycles. The molecule has 1 unspecified atom stereocenters. The largest absolute Gasteiger partial charge is 0.379 e. The van der Waals surface area contributed by atoms with Crippen molar-refractivity contribution in [1.29, 1.82) is 0 Å². The molecule has 3 nitrogen and oxygen atoms in total. The molecule has 1 fully saturated rings. The first-order valence-corrected chi connectivity index (χ1v) is 5.07. The smallest absolute Gasteiger partial charge is 0.0591 e. The van der Waals surface area contributed by atoms with Crippen molar-refractivity contribution in [2.24, 2.45) is 0 Å². The summed E-state index contributed by atoms with van der Waals surface area (Å²) < 4.78 is 5.52. The fourth-order valence-electron chi connectivity index (χ4n) is 1.74. The molecule has 1 atom stereocenters. The third kappa shape index (κ3) is 2.30. The van der Waals surface area contributed by atoms with E-state index in [2.05, 4.69) is 22.4 Å². The van der Waals surface area contributed by atoms with Gasteiger partial charge < -0.3 is 10.1 Å². The molecule has 0 amide bonds. The molecule has 0 spiro atoms. The van der Waals surface area contributed by atoms with E-state index in [0.29, 0.717) is 5.92 Å². The maximum absolute atomic E-state index is 5.52. The Labute approximate surface area is 84.5 Å². The normalized spacial score (nSPS) is 23.1. The first kappa shape index (κ1) is 9.62. The third-order valence-corrected chi connectivity index (χ3v) is 2.53. The molecular weight excluding hydrogens is 176 g/mol. The summed E-state index contributed by atoms with van der Waals surface area (Å²) in [5, 5.41) is 3.37. The minimum absolute atomic E-state index is 0.471. The van der Waals surface area contributed by atoms with Gasteiger partial charge in [-0.3, -0.25) is 4.98 Å². The number of hydrogen-bond acceptors (Lipinski definition) is 3. The second-order valence-corrected chi connectivity index (χ2v) is 3.71. The van der Waals surface area contributed by atoms with Crippen LogP contribution in [0.1, 0.15) is 17.2 Å². The van der Waals surface area contributed by atoms with E-state index in [1.807, 2.05) is 13.1 Å². The van der Waals surface area contributed by atoms with E-state index in [-0.39, 0.29) is 0 Å². The average Bonchev–Trinajstić information content (AvgIpc) is 2.45. The van der Waals surface area contributed by atoms with Crippen molar-refractivity contribution in [3.8, 4) is 0 Å². The molecule has 76 valence electrons. The van der Waals surface area contributed by atoms with Crippen molar-refractivity contribution in [1.82, 2.24) is 10.3 Å². The molecule has 1 aliphatic rings. The van der Waals surface area contributed by atoms with Crippen molar-refractivity contribution in [3.63, 3.8) is 0 Å². The highest BCUT2D eigenvalue weighted by Crippen LogP contribution is 2.16. The maximum atomic E-state index is 5.52. The fraction of sp³-hybridized carbons (Fsp3) is 0.545. The van der Waals surface area contributed by atoms with Crippen LogP contribution in [0, 0.1) is 6.92 Å². The summed E-state index contributed by atoms with van der Waals surface area (Å²) in [5.41, 5.74) is 2.40. The first-order chi connectivity index (χ1) is 6.86. The predicted octanol–water partition coefficient (Wildman–Crippen LogP) is 1.09. The Morgan fingerprint density at radius 3 is 3.36 bits per heavy atom. The van der Waals surface area contributed by atoms with Crippen LogP contribution in [0.4, 0.5) is 0 Å². The maximum Gasteiger partial charge on any atom is 0.0591 e. The Bertz CT molecular complexity index is 293. The summed E-state index contributed by atoms with van der Waals surface area (Å²) in [4.78, 5) is 4.20. The van der Waals surface area contributed by atoms with Gasteiger partial charge in [0.25, 0.3) is 0 Å². The summed E-state index contributed by atoms with van der Waals surface area (Å²) in [5.74, 6) is 0.471. The standard InChI is InChI=1S/C11H16N2O/c1-9-6-10(2-3-13-9)11-7-12-4-5-14-8-11/h2-3,6,11-12H,4-5,7-8H2,1H3. The first-order valence-electron chi connectivity index (χ1n) is 5.07. The van der Waals surface area contributed by atoms with Crippen LogP contribution in [0.25, 0.3) is 0 Å². The van der Waals surface area contributed by atoms with Crippen LogP contribution in [0.2, 0.25) is 0 Å². The highest BCUT2D eigenvalue weighted by Gasteiger charge is 2.14. The molecule has 2 rings (SSSR count). The molecule has 0 saturated carbocycles. The monoisotopic (exact) mass is 192 g/mol. The van der Waals surface area contributed by atoms with Gasteiger partial charge in [0.05, 0.1) is 13.2 Å². The Hall–Kier alpha value is -0.930. The number of hydrogen-bond donors (Lipinski definition) is 1. The number of nitrogens with zero attached hydrogens (tertiary/aromatic N) is 1. The number of rotatable bonds is 1. The van der Waals surface area contributed by atoms with Gasteiger partial charge in [0.2, 0.25) is 0 Å². The Morgan fingerprint density at radius 2 is 2.50 bits per heavy atom. The average molecular weight is 192 g/mol. The topological polar surface area (TPSA) is 34.1 Å². The molecule has 0 radical (unpaired) electrons. The van der Waals surface area contributed by atoms with E-state index in [0.717, 1.165) is 32.0 Å². The Morgan fingerprint density at radius 1 is 1.57 bits per heavy atom. The van der Waals surface area contributed by atoms with Gasteiger partial charge in [0.15, 0.2) is 0 Å². The lowest BCUT2D eigenvalue weighted by Crippen LogP contribution is -2.21. The van der Waals surface area contributed by atoms with Crippen LogP contribution in [-0.2, 0) is 4.74 Å². The predicted molar refractivity (Wildman–Crippen MR) is 55.4 cm³/mol. The van der Waals surface area contributed by atoms with Crippen LogP contribution in [-0.4, -0.2) is 31.3 Å². The van der Waals surface area contributed by atoms with Gasteiger partial charge >= 0.3 is 0 Å². The second kappa shape index (κ2) is 4.53. The molecular formula is C11H16N2O. The number of nitrogens with one attached hydrogen (secondary N) is 1. The van der Waals surface area contributed by atoms with E-state index in [1.165, 1.54) is 5.56 Å². The van der Waals surface area contributed by atoms with E-state index < -0.39 is 0 Å². The Balaban J connectivity index is 2.12. The minimum Gasteiger partial charge on any atom is -0.379 e. The molecule has 0 aliphatic carbocycles. The van der Waals surface area contributed by atoms with Crippen molar-refractivity contribution < 1.29 is 4.74 Å². The fourth-order valence-corrected chi connectivity index (χ4v) is 1.74. The molecule has 1 aromatic heterocycles. The van der Waals surface area contributed by atoms with Crippen LogP contribution in [0.15, 0.2) is 18.3 Å². The van der Waals surface area contributed by atoms with Gasteiger partial charge in [0, 0.05) is 30.9 Å². The van der Waals surface area contributed by atoms with Crippen LogP contribution >= 0.6 is 0 Å². The van der Waals surface area contributed by atoms with E-state index in [4.69, 9.17) is 4.74 Å². The summed E-state index contributed by atoms with van der Waals surface area (Å²) in [6.45, 7) is 5.62. The van der Waals surface area contributed by atoms with Crippen LogP contribution < -0.4 is 5.32 Å². The molecule has 14 heavy (non-hydrogen) atoms. The molecule has 3 heteroatoms. The number of pyridine rings is 1. The molecule has 0 aromatic carbocycles. The summed E-state index contributed by atoms with van der Waals surface area (Å²) in [6, 6.07) is 4.22.